The molecule has 1 rings (SSSR count). The summed E-state index contributed by atoms with van der Waals surface area (Å²) in [4.78, 5) is 2.45. The van der Waals surface area contributed by atoms with Crippen molar-refractivity contribution in [2.75, 3.05) is 13.1 Å². The van der Waals surface area contributed by atoms with Gasteiger partial charge in [-0.1, -0.05) is 20.8 Å². The van der Waals surface area contributed by atoms with E-state index in [0.29, 0.717) is 0 Å². The third-order valence-electron chi connectivity index (χ3n) is 4.21. The highest BCUT2D eigenvalue weighted by Crippen LogP contribution is 2.32. The van der Waals surface area contributed by atoms with Crippen LogP contribution < -0.4 is 5.73 Å². The molecule has 1 aromatic heterocycles. The summed E-state index contributed by atoms with van der Waals surface area (Å²) in [5, 5.41) is 4.33. The molecule has 2 N–H and O–H groups in total. The summed E-state index contributed by atoms with van der Waals surface area (Å²) in [7, 11) is 0. The van der Waals surface area contributed by atoms with Gasteiger partial charge in [-0.3, -0.25) is 9.58 Å². The van der Waals surface area contributed by atoms with Crippen molar-refractivity contribution in [2.45, 2.75) is 59.2 Å². The number of likely N-dealkylation sites (N-methyl/N-ethyl adjacent to an activating group) is 1. The fourth-order valence-corrected chi connectivity index (χ4v) is 2.66. The second kappa shape index (κ2) is 6.34. The zero-order chi connectivity index (χ0) is 13.8. The number of rotatable bonds is 7. The molecule has 2 unspecified atom stereocenters. The lowest BCUT2D eigenvalue weighted by atomic mass is 9.84. The van der Waals surface area contributed by atoms with Crippen LogP contribution in [-0.4, -0.2) is 33.3 Å². The summed E-state index contributed by atoms with van der Waals surface area (Å²) in [6, 6.07) is 0.00250. The molecular formula is C14H28N4. The van der Waals surface area contributed by atoms with E-state index in [2.05, 4.69) is 50.8 Å². The molecule has 0 fully saturated rings. The first-order chi connectivity index (χ1) is 8.53. The lowest BCUT2D eigenvalue weighted by Gasteiger charge is -2.44. The Morgan fingerprint density at radius 1 is 1.33 bits per heavy atom. The van der Waals surface area contributed by atoms with E-state index in [1.165, 1.54) is 0 Å². The number of aryl methyl sites for hydroxylation is 1. The second-order valence-electron chi connectivity index (χ2n) is 4.99. The molecule has 0 aromatic carbocycles. The van der Waals surface area contributed by atoms with Crippen LogP contribution >= 0.6 is 0 Å². The average Bonchev–Trinajstić information content (AvgIpc) is 2.87. The molecule has 4 heteroatoms. The van der Waals surface area contributed by atoms with Crippen LogP contribution in [0.1, 0.15) is 52.6 Å². The molecule has 0 spiro atoms. The SMILES string of the molecule is CCN(CC)C(C)(CC)C(N)c1cnn(CC)c1. The van der Waals surface area contributed by atoms with Crippen molar-refractivity contribution in [1.29, 1.82) is 0 Å². The van der Waals surface area contributed by atoms with E-state index in [-0.39, 0.29) is 11.6 Å². The number of hydrogen-bond acceptors (Lipinski definition) is 3. The minimum absolute atomic E-state index is 0.00250. The quantitative estimate of drug-likeness (QED) is 0.810. The van der Waals surface area contributed by atoms with Crippen molar-refractivity contribution < 1.29 is 0 Å². The van der Waals surface area contributed by atoms with Crippen LogP contribution in [0, 0.1) is 0 Å². The number of aromatic nitrogens is 2. The lowest BCUT2D eigenvalue weighted by molar-refractivity contribution is 0.0844. The molecule has 1 aromatic rings. The van der Waals surface area contributed by atoms with E-state index in [9.17, 15) is 0 Å². The molecule has 104 valence electrons. The number of nitrogens with zero attached hydrogens (tertiary/aromatic N) is 3. The Kier molecular flexibility index (Phi) is 5.35. The predicted molar refractivity (Wildman–Crippen MR) is 76.4 cm³/mol. The normalized spacial score (nSPS) is 16.8. The number of hydrogen-bond donors (Lipinski definition) is 1. The zero-order valence-electron chi connectivity index (χ0n) is 12.5. The van der Waals surface area contributed by atoms with Gasteiger partial charge >= 0.3 is 0 Å². The van der Waals surface area contributed by atoms with Crippen molar-refractivity contribution in [3.05, 3.63) is 18.0 Å². The Hall–Kier alpha value is -0.870. The summed E-state index contributed by atoms with van der Waals surface area (Å²) in [5.41, 5.74) is 7.63. The van der Waals surface area contributed by atoms with E-state index in [1.807, 2.05) is 10.9 Å². The largest absolute Gasteiger partial charge is 0.322 e. The Bertz CT molecular complexity index is 356. The van der Waals surface area contributed by atoms with Crippen molar-refractivity contribution in [3.8, 4) is 0 Å². The summed E-state index contributed by atoms with van der Waals surface area (Å²) in [5.74, 6) is 0. The molecule has 0 amide bonds. The molecule has 0 aliphatic carbocycles. The first-order valence-electron chi connectivity index (χ1n) is 7.06. The maximum atomic E-state index is 6.51. The van der Waals surface area contributed by atoms with Crippen LogP contribution in [0.2, 0.25) is 0 Å². The highest BCUT2D eigenvalue weighted by molar-refractivity contribution is 5.16. The minimum Gasteiger partial charge on any atom is -0.322 e. The van der Waals surface area contributed by atoms with Gasteiger partial charge in [-0.05, 0) is 33.4 Å². The van der Waals surface area contributed by atoms with Crippen LogP contribution in [0.4, 0.5) is 0 Å². The summed E-state index contributed by atoms with van der Waals surface area (Å²) in [6.07, 6.45) is 5.01. The van der Waals surface area contributed by atoms with E-state index < -0.39 is 0 Å². The first-order valence-corrected chi connectivity index (χ1v) is 7.06. The molecule has 0 aliphatic heterocycles. The highest BCUT2D eigenvalue weighted by Gasteiger charge is 2.36. The molecular weight excluding hydrogens is 224 g/mol. The molecule has 2 atom stereocenters. The van der Waals surface area contributed by atoms with E-state index in [0.717, 1.165) is 31.6 Å². The van der Waals surface area contributed by atoms with Crippen LogP contribution in [-0.2, 0) is 6.54 Å². The molecule has 18 heavy (non-hydrogen) atoms. The van der Waals surface area contributed by atoms with Crippen molar-refractivity contribution >= 4 is 0 Å². The monoisotopic (exact) mass is 252 g/mol. The van der Waals surface area contributed by atoms with Crippen LogP contribution in [0.25, 0.3) is 0 Å². The van der Waals surface area contributed by atoms with Crippen LogP contribution in [0.3, 0.4) is 0 Å². The third kappa shape index (κ3) is 2.75. The summed E-state index contributed by atoms with van der Waals surface area (Å²) < 4.78 is 1.94. The predicted octanol–water partition coefficient (Wildman–Crippen LogP) is 2.41. The Morgan fingerprint density at radius 3 is 2.33 bits per heavy atom. The maximum Gasteiger partial charge on any atom is 0.0538 e. The fourth-order valence-electron chi connectivity index (χ4n) is 2.66. The van der Waals surface area contributed by atoms with E-state index >= 15 is 0 Å². The van der Waals surface area contributed by atoms with Gasteiger partial charge in [0.25, 0.3) is 0 Å². The maximum absolute atomic E-state index is 6.51. The second-order valence-corrected chi connectivity index (χ2v) is 4.99. The van der Waals surface area contributed by atoms with Gasteiger partial charge in [0.15, 0.2) is 0 Å². The Labute approximate surface area is 111 Å². The first kappa shape index (κ1) is 15.2. The standard InChI is InChI=1S/C14H28N4/c1-6-14(5,17(7-2)8-3)13(15)12-10-16-18(9-4)11-12/h10-11,13H,6-9,15H2,1-5H3. The van der Waals surface area contributed by atoms with Gasteiger partial charge in [0.1, 0.15) is 0 Å². The van der Waals surface area contributed by atoms with Crippen LogP contribution in [0.5, 0.6) is 0 Å². The smallest absolute Gasteiger partial charge is 0.0538 e. The summed E-state index contributed by atoms with van der Waals surface area (Å²) >= 11 is 0. The molecule has 0 saturated heterocycles. The molecule has 0 aliphatic rings. The number of nitrogens with two attached hydrogens (primary N) is 1. The Balaban J connectivity index is 2.99. The molecule has 1 heterocycles. The topological polar surface area (TPSA) is 47.1 Å². The van der Waals surface area contributed by atoms with Gasteiger partial charge in [-0.15, -0.1) is 0 Å². The molecule has 0 saturated carbocycles. The zero-order valence-corrected chi connectivity index (χ0v) is 12.5. The van der Waals surface area contributed by atoms with E-state index in [4.69, 9.17) is 5.73 Å². The third-order valence-corrected chi connectivity index (χ3v) is 4.21. The fraction of sp³-hybridized carbons (Fsp3) is 0.786. The lowest BCUT2D eigenvalue weighted by Crippen LogP contribution is -2.52. The van der Waals surface area contributed by atoms with Gasteiger partial charge < -0.3 is 5.73 Å². The van der Waals surface area contributed by atoms with Crippen molar-refractivity contribution in [3.63, 3.8) is 0 Å². The van der Waals surface area contributed by atoms with Gasteiger partial charge in [0, 0.05) is 23.8 Å². The van der Waals surface area contributed by atoms with Crippen LogP contribution in [0.15, 0.2) is 12.4 Å². The van der Waals surface area contributed by atoms with Crippen molar-refractivity contribution in [1.82, 2.24) is 14.7 Å². The van der Waals surface area contributed by atoms with Gasteiger partial charge in [0.2, 0.25) is 0 Å². The molecule has 0 bridgehead atoms. The van der Waals surface area contributed by atoms with Gasteiger partial charge in [-0.25, -0.2) is 0 Å². The van der Waals surface area contributed by atoms with Gasteiger partial charge in [-0.2, -0.15) is 5.10 Å². The Morgan fingerprint density at radius 2 is 1.94 bits per heavy atom. The molecule has 0 radical (unpaired) electrons. The van der Waals surface area contributed by atoms with E-state index in [1.54, 1.807) is 0 Å². The van der Waals surface area contributed by atoms with Crippen molar-refractivity contribution in [2.24, 2.45) is 5.73 Å². The van der Waals surface area contributed by atoms with Gasteiger partial charge in [0.05, 0.1) is 12.2 Å². The molecule has 4 nitrogen and oxygen atoms in total. The minimum atomic E-state index is -0.00882. The summed E-state index contributed by atoms with van der Waals surface area (Å²) in [6.45, 7) is 13.9. The highest BCUT2D eigenvalue weighted by atomic mass is 15.3. The average molecular weight is 252 g/mol.